The molecule has 0 radical (unpaired) electrons. The molecule has 0 unspecified atom stereocenters. The highest BCUT2D eigenvalue weighted by molar-refractivity contribution is 5.66. The van der Waals surface area contributed by atoms with E-state index in [2.05, 4.69) is 0 Å². The number of esters is 1. The van der Waals surface area contributed by atoms with Gasteiger partial charge < -0.3 is 14.6 Å². The lowest BCUT2D eigenvalue weighted by atomic mass is 10.1. The lowest BCUT2D eigenvalue weighted by Crippen LogP contribution is -2.36. The number of ether oxygens (including phenoxy) is 2. The van der Waals surface area contributed by atoms with Crippen molar-refractivity contribution in [2.75, 3.05) is 13.2 Å². The molecule has 0 bridgehead atoms. The third-order valence-corrected chi connectivity index (χ3v) is 1.58. The Balaban J connectivity index is 2.52. The Kier molecular flexibility index (Phi) is 3.25. The fourth-order valence-electron chi connectivity index (χ4n) is 1.05. The number of aliphatic hydroxyl groups excluding tert-OH is 1. The monoisotopic (exact) mass is 172 g/mol. The zero-order chi connectivity index (χ0) is 8.97. The molecule has 0 spiro atoms. The molecule has 0 amide bonds. The minimum Gasteiger partial charge on any atom is -0.455 e. The first-order valence-corrected chi connectivity index (χ1v) is 3.80. The van der Waals surface area contributed by atoms with Gasteiger partial charge in [0.05, 0.1) is 13.2 Å². The van der Waals surface area contributed by atoms with Crippen LogP contribution in [0.4, 0.5) is 0 Å². The van der Waals surface area contributed by atoms with Crippen LogP contribution in [0, 0.1) is 0 Å². The van der Waals surface area contributed by atoms with E-state index in [1.165, 1.54) is 6.92 Å². The fourth-order valence-corrected chi connectivity index (χ4v) is 1.05. The van der Waals surface area contributed by atoms with Crippen molar-refractivity contribution in [3.05, 3.63) is 12.2 Å². The van der Waals surface area contributed by atoms with E-state index in [1.807, 2.05) is 0 Å². The number of rotatable bonds is 2. The van der Waals surface area contributed by atoms with Crippen LogP contribution in [-0.4, -0.2) is 36.5 Å². The van der Waals surface area contributed by atoms with Gasteiger partial charge >= 0.3 is 5.97 Å². The molecule has 1 heterocycles. The summed E-state index contributed by atoms with van der Waals surface area (Å²) in [6.07, 6.45) is 2.63. The molecular formula is C8H12O4. The smallest absolute Gasteiger partial charge is 0.303 e. The van der Waals surface area contributed by atoms with Crippen LogP contribution in [0.2, 0.25) is 0 Å². The average molecular weight is 172 g/mol. The number of carbonyl (C=O) groups is 1. The Hall–Kier alpha value is -0.870. The number of hydrogen-bond donors (Lipinski definition) is 1. The molecule has 2 atom stereocenters. The summed E-state index contributed by atoms with van der Waals surface area (Å²) in [4.78, 5) is 10.6. The molecule has 0 aromatic rings. The number of hydrogen-bond acceptors (Lipinski definition) is 4. The second-order valence-corrected chi connectivity index (χ2v) is 2.56. The van der Waals surface area contributed by atoms with E-state index in [1.54, 1.807) is 12.2 Å². The van der Waals surface area contributed by atoms with Gasteiger partial charge in [0.2, 0.25) is 0 Å². The maximum absolute atomic E-state index is 10.6. The van der Waals surface area contributed by atoms with Crippen molar-refractivity contribution in [3.8, 4) is 0 Å². The molecule has 4 nitrogen and oxygen atoms in total. The van der Waals surface area contributed by atoms with Crippen molar-refractivity contribution >= 4 is 5.97 Å². The summed E-state index contributed by atoms with van der Waals surface area (Å²) in [7, 11) is 0. The normalized spacial score (nSPS) is 28.5. The maximum Gasteiger partial charge on any atom is 0.303 e. The first-order chi connectivity index (χ1) is 5.74. The standard InChI is InChI=1S/C8H12O4/c1-6(10)12-7-3-2-4-11-8(7)5-9/h2-3,7-9H,4-5H2,1H3/t7-,8+/m1/s1. The van der Waals surface area contributed by atoms with Crippen molar-refractivity contribution in [1.29, 1.82) is 0 Å². The van der Waals surface area contributed by atoms with E-state index in [0.717, 1.165) is 0 Å². The quantitative estimate of drug-likeness (QED) is 0.465. The summed E-state index contributed by atoms with van der Waals surface area (Å²) in [5.74, 6) is -0.367. The Labute approximate surface area is 70.8 Å². The summed E-state index contributed by atoms with van der Waals surface area (Å²) in [5, 5.41) is 8.82. The summed E-state index contributed by atoms with van der Waals surface area (Å²) in [6.45, 7) is 1.65. The average Bonchev–Trinajstić information content (AvgIpc) is 2.04. The van der Waals surface area contributed by atoms with Gasteiger partial charge in [0.15, 0.2) is 0 Å². The van der Waals surface area contributed by atoms with Gasteiger partial charge in [0, 0.05) is 6.92 Å². The molecule has 1 aliphatic rings. The topological polar surface area (TPSA) is 55.8 Å². The van der Waals surface area contributed by atoms with Gasteiger partial charge in [-0.3, -0.25) is 4.79 Å². The van der Waals surface area contributed by atoms with Gasteiger partial charge in [-0.25, -0.2) is 0 Å². The first kappa shape index (κ1) is 9.22. The van der Waals surface area contributed by atoms with E-state index in [4.69, 9.17) is 14.6 Å². The van der Waals surface area contributed by atoms with Gasteiger partial charge in [0.1, 0.15) is 12.2 Å². The van der Waals surface area contributed by atoms with E-state index >= 15 is 0 Å². The van der Waals surface area contributed by atoms with Gasteiger partial charge in [0.25, 0.3) is 0 Å². The van der Waals surface area contributed by atoms with Gasteiger partial charge in [-0.2, -0.15) is 0 Å². The molecule has 0 saturated heterocycles. The summed E-state index contributed by atoms with van der Waals surface area (Å²) in [5.41, 5.74) is 0. The molecule has 1 aliphatic heterocycles. The highest BCUT2D eigenvalue weighted by Gasteiger charge is 2.23. The van der Waals surface area contributed by atoms with E-state index in [0.29, 0.717) is 6.61 Å². The molecule has 1 rings (SSSR count). The molecule has 4 heteroatoms. The zero-order valence-corrected chi connectivity index (χ0v) is 6.90. The zero-order valence-electron chi connectivity index (χ0n) is 6.90. The Morgan fingerprint density at radius 1 is 1.83 bits per heavy atom. The molecule has 12 heavy (non-hydrogen) atoms. The maximum atomic E-state index is 10.6. The first-order valence-electron chi connectivity index (χ1n) is 3.80. The van der Waals surface area contributed by atoms with Gasteiger partial charge in [-0.05, 0) is 6.08 Å². The van der Waals surface area contributed by atoms with Crippen LogP contribution in [0.25, 0.3) is 0 Å². The molecule has 0 aromatic heterocycles. The number of carbonyl (C=O) groups excluding carboxylic acids is 1. The van der Waals surface area contributed by atoms with Crippen LogP contribution in [0.5, 0.6) is 0 Å². The summed E-state index contributed by atoms with van der Waals surface area (Å²) >= 11 is 0. The minimum atomic E-state index is -0.443. The molecule has 0 aliphatic carbocycles. The van der Waals surface area contributed by atoms with Crippen LogP contribution in [0.3, 0.4) is 0 Å². The van der Waals surface area contributed by atoms with Crippen LogP contribution in [-0.2, 0) is 14.3 Å². The third-order valence-electron chi connectivity index (χ3n) is 1.58. The lowest BCUT2D eigenvalue weighted by Gasteiger charge is -2.25. The van der Waals surface area contributed by atoms with Crippen molar-refractivity contribution in [3.63, 3.8) is 0 Å². The van der Waals surface area contributed by atoms with Gasteiger partial charge in [-0.1, -0.05) is 6.08 Å². The third kappa shape index (κ3) is 2.32. The predicted octanol–water partition coefficient (Wildman–Crippen LogP) is -0.135. The highest BCUT2D eigenvalue weighted by atomic mass is 16.6. The molecule has 0 fully saturated rings. The van der Waals surface area contributed by atoms with Gasteiger partial charge in [-0.15, -0.1) is 0 Å². The largest absolute Gasteiger partial charge is 0.455 e. The van der Waals surface area contributed by atoms with Crippen molar-refractivity contribution in [2.24, 2.45) is 0 Å². The predicted molar refractivity (Wildman–Crippen MR) is 41.5 cm³/mol. The Bertz CT molecular complexity index is 187. The summed E-state index contributed by atoms with van der Waals surface area (Å²) in [6, 6.07) is 0. The lowest BCUT2D eigenvalue weighted by molar-refractivity contribution is -0.153. The SMILES string of the molecule is CC(=O)O[C@@H]1C=CCO[C@H]1CO. The van der Waals surface area contributed by atoms with Crippen molar-refractivity contribution in [1.82, 2.24) is 0 Å². The highest BCUT2D eigenvalue weighted by Crippen LogP contribution is 2.10. The fraction of sp³-hybridized carbons (Fsp3) is 0.625. The van der Waals surface area contributed by atoms with Crippen LogP contribution < -0.4 is 0 Å². The van der Waals surface area contributed by atoms with E-state index < -0.39 is 12.2 Å². The van der Waals surface area contributed by atoms with Crippen LogP contribution >= 0.6 is 0 Å². The molecular weight excluding hydrogens is 160 g/mol. The van der Waals surface area contributed by atoms with Crippen LogP contribution in [0.1, 0.15) is 6.92 Å². The Morgan fingerprint density at radius 3 is 3.17 bits per heavy atom. The molecule has 1 N–H and O–H groups in total. The molecule has 0 saturated carbocycles. The Morgan fingerprint density at radius 2 is 2.58 bits per heavy atom. The van der Waals surface area contributed by atoms with E-state index in [9.17, 15) is 4.79 Å². The van der Waals surface area contributed by atoms with Crippen LogP contribution in [0.15, 0.2) is 12.2 Å². The minimum absolute atomic E-state index is 0.137. The second kappa shape index (κ2) is 4.23. The summed E-state index contributed by atoms with van der Waals surface area (Å²) < 4.78 is 10.0. The number of aliphatic hydroxyl groups is 1. The van der Waals surface area contributed by atoms with E-state index in [-0.39, 0.29) is 12.6 Å². The second-order valence-electron chi connectivity index (χ2n) is 2.56. The molecule has 68 valence electrons. The van der Waals surface area contributed by atoms with Crippen molar-refractivity contribution in [2.45, 2.75) is 19.1 Å². The molecule has 0 aromatic carbocycles. The van der Waals surface area contributed by atoms with Crippen molar-refractivity contribution < 1.29 is 19.4 Å².